The Bertz CT molecular complexity index is 1180. The van der Waals surface area contributed by atoms with Gasteiger partial charge in [-0.2, -0.15) is 4.98 Å². The molecule has 0 bridgehead atoms. The molecule has 1 saturated heterocycles. The van der Waals surface area contributed by atoms with E-state index in [1.54, 1.807) is 14.0 Å². The van der Waals surface area contributed by atoms with Crippen LogP contribution in [0.4, 0.5) is 23.1 Å². The van der Waals surface area contributed by atoms with Crippen molar-refractivity contribution in [3.05, 3.63) is 71.9 Å². The summed E-state index contributed by atoms with van der Waals surface area (Å²) in [6.07, 6.45) is 0.689. The van der Waals surface area contributed by atoms with Crippen LogP contribution in [0.3, 0.4) is 0 Å². The second-order valence-electron chi connectivity index (χ2n) is 8.51. The van der Waals surface area contributed by atoms with Gasteiger partial charge in [0.05, 0.1) is 6.10 Å². The monoisotopic (exact) mass is 489 g/mol. The van der Waals surface area contributed by atoms with Crippen molar-refractivity contribution >= 4 is 35.0 Å². The number of hydrogen-bond donors (Lipinski definition) is 4. The Kier molecular flexibility index (Phi) is 7.96. The lowest BCUT2D eigenvalue weighted by Gasteiger charge is -2.35. The Morgan fingerprint density at radius 3 is 2.36 bits per heavy atom. The van der Waals surface area contributed by atoms with Crippen LogP contribution in [0.15, 0.2) is 60.8 Å². The maximum absolute atomic E-state index is 12.3. The molecule has 0 spiro atoms. The summed E-state index contributed by atoms with van der Waals surface area (Å²) in [6, 6.07) is 17.2. The van der Waals surface area contributed by atoms with Gasteiger partial charge in [0.2, 0.25) is 11.9 Å². The summed E-state index contributed by atoms with van der Waals surface area (Å²) in [5.74, 6) is 0.427. The second kappa shape index (κ2) is 11.5. The number of aliphatic hydroxyl groups excluding tert-OH is 1. The average Bonchev–Trinajstić information content (AvgIpc) is 2.92. The van der Waals surface area contributed by atoms with Crippen molar-refractivity contribution in [1.29, 1.82) is 0 Å². The molecule has 1 aromatic heterocycles. The van der Waals surface area contributed by atoms with E-state index < -0.39 is 6.10 Å². The number of carbonyl (C=O) groups excluding carboxylic acids is 2. The van der Waals surface area contributed by atoms with Crippen molar-refractivity contribution in [2.45, 2.75) is 13.0 Å². The molecular formula is C26H31N7O3. The van der Waals surface area contributed by atoms with Crippen LogP contribution in [0, 0.1) is 0 Å². The van der Waals surface area contributed by atoms with Gasteiger partial charge >= 0.3 is 0 Å². The normalized spacial score (nSPS) is 14.2. The van der Waals surface area contributed by atoms with E-state index in [1.807, 2.05) is 59.5 Å². The molecule has 1 atom stereocenters. The van der Waals surface area contributed by atoms with E-state index >= 15 is 0 Å². The van der Waals surface area contributed by atoms with Gasteiger partial charge in [-0.25, -0.2) is 4.98 Å². The molecule has 36 heavy (non-hydrogen) atoms. The van der Waals surface area contributed by atoms with E-state index in [9.17, 15) is 14.7 Å². The highest BCUT2D eigenvalue weighted by atomic mass is 16.3. The quantitative estimate of drug-likeness (QED) is 0.381. The number of nitrogens with one attached hydrogen (secondary N) is 3. The molecule has 1 aliphatic heterocycles. The average molecular weight is 490 g/mol. The molecule has 0 radical (unpaired) electrons. The fourth-order valence-electron chi connectivity index (χ4n) is 4.03. The lowest BCUT2D eigenvalue weighted by atomic mass is 10.1. The zero-order valence-electron chi connectivity index (χ0n) is 20.4. The molecule has 4 rings (SSSR count). The Hall–Kier alpha value is -4.18. The minimum atomic E-state index is -0.764. The summed E-state index contributed by atoms with van der Waals surface area (Å²) in [6.45, 7) is 4.80. The van der Waals surface area contributed by atoms with Crippen LogP contribution in [-0.2, 0) is 4.79 Å². The van der Waals surface area contributed by atoms with Crippen molar-refractivity contribution in [1.82, 2.24) is 20.2 Å². The molecule has 2 aromatic carbocycles. The molecule has 0 saturated carbocycles. The minimum Gasteiger partial charge on any atom is -0.387 e. The maximum Gasteiger partial charge on any atom is 0.256 e. The summed E-state index contributed by atoms with van der Waals surface area (Å²) in [4.78, 5) is 36.8. The van der Waals surface area contributed by atoms with Crippen molar-refractivity contribution < 1.29 is 14.7 Å². The topological polar surface area (TPSA) is 123 Å². The highest BCUT2D eigenvalue weighted by molar-refractivity contribution is 5.98. The summed E-state index contributed by atoms with van der Waals surface area (Å²) in [7, 11) is 1.54. The van der Waals surface area contributed by atoms with Gasteiger partial charge in [-0.1, -0.05) is 30.3 Å². The van der Waals surface area contributed by atoms with Crippen molar-refractivity contribution in [3.8, 4) is 0 Å². The van der Waals surface area contributed by atoms with Gasteiger partial charge in [-0.15, -0.1) is 0 Å². The standard InChI is InChI=1S/C26H31N7O3/c1-18(34)32-12-14-33(15-13-32)21-10-8-20(9-11-21)30-26-29-16-22(25(36)27-2)24(31-26)28-17-23(35)19-6-4-3-5-7-19/h3-11,16,23,35H,12-15,17H2,1-2H3,(H,27,36)(H2,28,29,30,31)/t23-/m1/s1. The van der Waals surface area contributed by atoms with Crippen molar-refractivity contribution in [3.63, 3.8) is 0 Å². The molecule has 3 aromatic rings. The lowest BCUT2D eigenvalue weighted by Crippen LogP contribution is -2.48. The van der Waals surface area contributed by atoms with Gasteiger partial charge in [0.15, 0.2) is 0 Å². The first-order valence-electron chi connectivity index (χ1n) is 11.9. The van der Waals surface area contributed by atoms with E-state index in [2.05, 4.69) is 30.8 Å². The van der Waals surface area contributed by atoms with Gasteiger partial charge in [-0.05, 0) is 29.8 Å². The molecule has 2 amide bonds. The second-order valence-corrected chi connectivity index (χ2v) is 8.51. The Labute approximate surface area is 210 Å². The zero-order chi connectivity index (χ0) is 25.5. The molecule has 1 fully saturated rings. The van der Waals surface area contributed by atoms with Crippen LogP contribution in [0.2, 0.25) is 0 Å². The van der Waals surface area contributed by atoms with E-state index in [0.29, 0.717) is 11.8 Å². The maximum atomic E-state index is 12.3. The Morgan fingerprint density at radius 2 is 1.72 bits per heavy atom. The first-order valence-corrected chi connectivity index (χ1v) is 11.9. The number of aliphatic hydroxyl groups is 1. The highest BCUT2D eigenvalue weighted by Crippen LogP contribution is 2.23. The van der Waals surface area contributed by atoms with Crippen molar-refractivity contribution in [2.75, 3.05) is 55.3 Å². The van der Waals surface area contributed by atoms with Gasteiger partial charge in [0.1, 0.15) is 11.4 Å². The fraction of sp³-hybridized carbons (Fsp3) is 0.308. The predicted molar refractivity (Wildman–Crippen MR) is 140 cm³/mol. The number of rotatable bonds is 8. The Morgan fingerprint density at radius 1 is 1.03 bits per heavy atom. The van der Waals surface area contributed by atoms with E-state index in [-0.39, 0.29) is 23.9 Å². The number of hydrogen-bond acceptors (Lipinski definition) is 8. The van der Waals surface area contributed by atoms with Gasteiger partial charge in [0, 0.05) is 64.3 Å². The zero-order valence-corrected chi connectivity index (χ0v) is 20.4. The predicted octanol–water partition coefficient (Wildman–Crippen LogP) is 2.39. The molecule has 10 heteroatoms. The van der Waals surface area contributed by atoms with Crippen LogP contribution in [0.1, 0.15) is 28.9 Å². The Balaban J connectivity index is 1.43. The number of anilines is 4. The third-order valence-corrected chi connectivity index (χ3v) is 6.12. The first kappa shape index (κ1) is 24.9. The number of carbonyl (C=O) groups is 2. The molecule has 0 aliphatic carbocycles. The SMILES string of the molecule is CNC(=O)c1cnc(Nc2ccc(N3CCN(C(C)=O)CC3)cc2)nc1NC[C@@H](O)c1ccccc1. The molecule has 4 N–H and O–H groups in total. The number of aromatic nitrogens is 2. The summed E-state index contributed by atoms with van der Waals surface area (Å²) < 4.78 is 0. The molecule has 0 unspecified atom stereocenters. The summed E-state index contributed by atoms with van der Waals surface area (Å²) >= 11 is 0. The van der Waals surface area contributed by atoms with E-state index in [4.69, 9.17) is 0 Å². The highest BCUT2D eigenvalue weighted by Gasteiger charge is 2.19. The van der Waals surface area contributed by atoms with Crippen LogP contribution in [-0.4, -0.2) is 71.6 Å². The van der Waals surface area contributed by atoms with Gasteiger partial charge < -0.3 is 30.9 Å². The fourth-order valence-corrected chi connectivity index (χ4v) is 4.03. The summed E-state index contributed by atoms with van der Waals surface area (Å²) in [5.41, 5.74) is 2.92. The molecule has 1 aliphatic rings. The van der Waals surface area contributed by atoms with E-state index in [1.165, 1.54) is 6.20 Å². The smallest absolute Gasteiger partial charge is 0.256 e. The molecular weight excluding hydrogens is 458 g/mol. The first-order chi connectivity index (χ1) is 17.4. The molecule has 2 heterocycles. The lowest BCUT2D eigenvalue weighted by molar-refractivity contribution is -0.129. The third-order valence-electron chi connectivity index (χ3n) is 6.12. The van der Waals surface area contributed by atoms with Gasteiger partial charge in [0.25, 0.3) is 5.91 Å². The molecule has 188 valence electrons. The van der Waals surface area contributed by atoms with Crippen LogP contribution in [0.25, 0.3) is 0 Å². The number of piperazine rings is 1. The van der Waals surface area contributed by atoms with E-state index in [0.717, 1.165) is 43.1 Å². The minimum absolute atomic E-state index is 0.111. The molecule has 10 nitrogen and oxygen atoms in total. The number of amides is 2. The third kappa shape index (κ3) is 6.08. The van der Waals surface area contributed by atoms with Crippen LogP contribution < -0.4 is 20.9 Å². The van der Waals surface area contributed by atoms with Crippen LogP contribution >= 0.6 is 0 Å². The van der Waals surface area contributed by atoms with Gasteiger partial charge in [-0.3, -0.25) is 9.59 Å². The summed E-state index contributed by atoms with van der Waals surface area (Å²) in [5, 5.41) is 19.3. The number of nitrogens with zero attached hydrogens (tertiary/aromatic N) is 4. The van der Waals surface area contributed by atoms with Crippen LogP contribution in [0.5, 0.6) is 0 Å². The van der Waals surface area contributed by atoms with Crippen molar-refractivity contribution in [2.24, 2.45) is 0 Å². The largest absolute Gasteiger partial charge is 0.387 e. The number of benzene rings is 2.